The van der Waals surface area contributed by atoms with E-state index in [0.717, 1.165) is 24.9 Å². The molecule has 0 aromatic heterocycles. The van der Waals surface area contributed by atoms with Crippen LogP contribution in [0.15, 0.2) is 0 Å². The molecule has 13 heavy (non-hydrogen) atoms. The predicted molar refractivity (Wildman–Crippen MR) is 52.2 cm³/mol. The van der Waals surface area contributed by atoms with Gasteiger partial charge >= 0.3 is 0 Å². The fourth-order valence-electron chi connectivity index (χ4n) is 2.93. The van der Waals surface area contributed by atoms with Gasteiger partial charge in [0.1, 0.15) is 0 Å². The summed E-state index contributed by atoms with van der Waals surface area (Å²) in [6.45, 7) is 5.90. The van der Waals surface area contributed by atoms with Gasteiger partial charge < -0.3 is 4.90 Å². The third-order valence-corrected chi connectivity index (χ3v) is 3.77. The van der Waals surface area contributed by atoms with Crippen molar-refractivity contribution >= 4 is 5.91 Å². The molecule has 0 aromatic rings. The number of hydrogen-bond donors (Lipinski definition) is 0. The Balaban J connectivity index is 1.91. The van der Waals surface area contributed by atoms with Gasteiger partial charge in [-0.15, -0.1) is 0 Å². The van der Waals surface area contributed by atoms with Crippen molar-refractivity contribution in [2.45, 2.75) is 33.1 Å². The molecule has 0 bridgehead atoms. The summed E-state index contributed by atoms with van der Waals surface area (Å²) in [6.07, 6.45) is 3.97. The van der Waals surface area contributed by atoms with E-state index in [1.54, 1.807) is 0 Å². The standard InChI is InChI=1S/C11H19NO/c1-3-12(4-2)11(13)10-8-6-5-7-9(8)10/h8-10H,3-7H2,1-2H3. The molecular formula is C11H19NO. The Labute approximate surface area is 80.3 Å². The second kappa shape index (κ2) is 3.32. The summed E-state index contributed by atoms with van der Waals surface area (Å²) in [5.41, 5.74) is 0. The zero-order chi connectivity index (χ0) is 9.42. The second-order valence-corrected chi connectivity index (χ2v) is 4.29. The highest BCUT2D eigenvalue weighted by molar-refractivity contribution is 5.82. The van der Waals surface area contributed by atoms with E-state index in [2.05, 4.69) is 13.8 Å². The van der Waals surface area contributed by atoms with Gasteiger partial charge in [-0.3, -0.25) is 4.79 Å². The highest BCUT2D eigenvalue weighted by Gasteiger charge is 2.57. The maximum absolute atomic E-state index is 11.9. The molecule has 2 rings (SSSR count). The number of fused-ring (bicyclic) bond motifs is 1. The van der Waals surface area contributed by atoms with Gasteiger partial charge in [-0.1, -0.05) is 6.42 Å². The molecule has 0 N–H and O–H groups in total. The van der Waals surface area contributed by atoms with Crippen LogP contribution in [0.3, 0.4) is 0 Å². The Hall–Kier alpha value is -0.530. The lowest BCUT2D eigenvalue weighted by atomic mass is 10.1. The highest BCUT2D eigenvalue weighted by atomic mass is 16.2. The van der Waals surface area contributed by atoms with Crippen molar-refractivity contribution in [3.05, 3.63) is 0 Å². The fourth-order valence-corrected chi connectivity index (χ4v) is 2.93. The van der Waals surface area contributed by atoms with Crippen LogP contribution in [0, 0.1) is 17.8 Å². The maximum atomic E-state index is 11.9. The molecule has 2 fully saturated rings. The zero-order valence-corrected chi connectivity index (χ0v) is 8.62. The van der Waals surface area contributed by atoms with Gasteiger partial charge in [-0.25, -0.2) is 0 Å². The van der Waals surface area contributed by atoms with Crippen LogP contribution >= 0.6 is 0 Å². The lowest BCUT2D eigenvalue weighted by molar-refractivity contribution is -0.133. The Morgan fingerprint density at radius 3 is 2.23 bits per heavy atom. The molecule has 0 aliphatic heterocycles. The third kappa shape index (κ3) is 1.36. The van der Waals surface area contributed by atoms with Crippen LogP contribution in [0.2, 0.25) is 0 Å². The van der Waals surface area contributed by atoms with Crippen molar-refractivity contribution in [3.63, 3.8) is 0 Å². The molecule has 2 heteroatoms. The van der Waals surface area contributed by atoms with Gasteiger partial charge in [-0.05, 0) is 38.5 Å². The molecule has 0 spiro atoms. The first-order valence-electron chi connectivity index (χ1n) is 5.58. The molecule has 0 heterocycles. The molecular weight excluding hydrogens is 162 g/mol. The SMILES string of the molecule is CCN(CC)C(=O)C1C2CCCC21. The average Bonchev–Trinajstić information content (AvgIpc) is 2.62. The molecule has 2 atom stereocenters. The average molecular weight is 181 g/mol. The van der Waals surface area contributed by atoms with Gasteiger partial charge in [-0.2, -0.15) is 0 Å². The molecule has 2 nitrogen and oxygen atoms in total. The Bertz CT molecular complexity index is 200. The summed E-state index contributed by atoms with van der Waals surface area (Å²) in [7, 11) is 0. The molecule has 2 aliphatic rings. The van der Waals surface area contributed by atoms with Crippen molar-refractivity contribution in [1.29, 1.82) is 0 Å². The van der Waals surface area contributed by atoms with E-state index >= 15 is 0 Å². The first kappa shape index (κ1) is 9.04. The van der Waals surface area contributed by atoms with E-state index in [9.17, 15) is 4.79 Å². The minimum Gasteiger partial charge on any atom is -0.343 e. The zero-order valence-electron chi connectivity index (χ0n) is 8.62. The topological polar surface area (TPSA) is 20.3 Å². The molecule has 0 saturated heterocycles. The minimum absolute atomic E-state index is 0.425. The lowest BCUT2D eigenvalue weighted by Gasteiger charge is -2.19. The summed E-state index contributed by atoms with van der Waals surface area (Å²) in [4.78, 5) is 13.9. The summed E-state index contributed by atoms with van der Waals surface area (Å²) in [5.74, 6) is 2.40. The third-order valence-electron chi connectivity index (χ3n) is 3.77. The molecule has 2 aliphatic carbocycles. The monoisotopic (exact) mass is 181 g/mol. The van der Waals surface area contributed by atoms with Gasteiger partial charge in [0.2, 0.25) is 5.91 Å². The number of carbonyl (C=O) groups excluding carboxylic acids is 1. The van der Waals surface area contributed by atoms with E-state index in [1.807, 2.05) is 4.90 Å². The number of amides is 1. The largest absolute Gasteiger partial charge is 0.343 e. The van der Waals surface area contributed by atoms with Crippen molar-refractivity contribution < 1.29 is 4.79 Å². The molecule has 1 amide bonds. The number of carbonyl (C=O) groups is 1. The normalized spacial score (nSPS) is 35.7. The Morgan fingerprint density at radius 2 is 1.77 bits per heavy atom. The maximum Gasteiger partial charge on any atom is 0.226 e. The van der Waals surface area contributed by atoms with Gasteiger partial charge in [0, 0.05) is 19.0 Å². The van der Waals surface area contributed by atoms with Crippen molar-refractivity contribution in [1.82, 2.24) is 4.90 Å². The first-order chi connectivity index (χ1) is 6.29. The predicted octanol–water partition coefficient (Wildman–Crippen LogP) is 1.90. The molecule has 2 unspecified atom stereocenters. The van der Waals surface area contributed by atoms with E-state index in [1.165, 1.54) is 19.3 Å². The minimum atomic E-state index is 0.425. The summed E-state index contributed by atoms with van der Waals surface area (Å²) >= 11 is 0. The van der Waals surface area contributed by atoms with Crippen molar-refractivity contribution in [3.8, 4) is 0 Å². The summed E-state index contributed by atoms with van der Waals surface area (Å²) in [6, 6.07) is 0. The summed E-state index contributed by atoms with van der Waals surface area (Å²) in [5, 5.41) is 0. The summed E-state index contributed by atoms with van der Waals surface area (Å²) < 4.78 is 0. The van der Waals surface area contributed by atoms with E-state index in [0.29, 0.717) is 11.8 Å². The van der Waals surface area contributed by atoms with Crippen LogP contribution in [0.5, 0.6) is 0 Å². The molecule has 74 valence electrons. The van der Waals surface area contributed by atoms with Gasteiger partial charge in [0.25, 0.3) is 0 Å². The van der Waals surface area contributed by atoms with Gasteiger partial charge in [0.05, 0.1) is 0 Å². The lowest BCUT2D eigenvalue weighted by Crippen LogP contribution is -2.32. The Kier molecular flexibility index (Phi) is 2.31. The second-order valence-electron chi connectivity index (χ2n) is 4.29. The highest BCUT2D eigenvalue weighted by Crippen LogP contribution is 2.58. The van der Waals surface area contributed by atoms with Crippen LogP contribution < -0.4 is 0 Å². The molecule has 2 saturated carbocycles. The Morgan fingerprint density at radius 1 is 1.23 bits per heavy atom. The van der Waals surface area contributed by atoms with Crippen LogP contribution in [0.25, 0.3) is 0 Å². The quantitative estimate of drug-likeness (QED) is 0.651. The number of nitrogens with zero attached hydrogens (tertiary/aromatic N) is 1. The number of rotatable bonds is 3. The smallest absolute Gasteiger partial charge is 0.226 e. The van der Waals surface area contributed by atoms with Crippen LogP contribution in [0.4, 0.5) is 0 Å². The van der Waals surface area contributed by atoms with E-state index in [4.69, 9.17) is 0 Å². The van der Waals surface area contributed by atoms with E-state index in [-0.39, 0.29) is 0 Å². The molecule has 0 aromatic carbocycles. The number of hydrogen-bond acceptors (Lipinski definition) is 1. The van der Waals surface area contributed by atoms with Gasteiger partial charge in [0.15, 0.2) is 0 Å². The van der Waals surface area contributed by atoms with Crippen molar-refractivity contribution in [2.75, 3.05) is 13.1 Å². The van der Waals surface area contributed by atoms with Crippen LogP contribution in [-0.2, 0) is 4.79 Å². The molecule has 0 radical (unpaired) electrons. The van der Waals surface area contributed by atoms with Crippen molar-refractivity contribution in [2.24, 2.45) is 17.8 Å². The first-order valence-corrected chi connectivity index (χ1v) is 5.58. The van der Waals surface area contributed by atoms with E-state index < -0.39 is 0 Å². The van der Waals surface area contributed by atoms with Crippen LogP contribution in [-0.4, -0.2) is 23.9 Å². The fraction of sp³-hybridized carbons (Fsp3) is 0.909. The van der Waals surface area contributed by atoms with Crippen LogP contribution in [0.1, 0.15) is 33.1 Å².